The molecular weight excluding hydrogens is 322 g/mol. The minimum absolute atomic E-state index is 0.0259. The predicted molar refractivity (Wildman–Crippen MR) is 81.5 cm³/mol. The monoisotopic (exact) mass is 343 g/mol. The maximum atomic E-state index is 12.8. The summed E-state index contributed by atoms with van der Waals surface area (Å²) >= 11 is 0. The number of hydrogen-bond donors (Lipinski definition) is 0. The molecule has 0 spiro atoms. The standard InChI is InChI=1S/C13H21N5O4S/c1-16(2)10-6-17(7-11(10)18-5-4-14-15-18)12(19)13(22-3)8-23(20,21)9-13/h4-5,10-11H,6-9H2,1-3H3/t10-,11+/m0/s1. The van der Waals surface area contributed by atoms with Gasteiger partial charge in [-0.1, -0.05) is 5.21 Å². The molecule has 0 unspecified atom stereocenters. The average Bonchev–Trinajstić information content (AvgIpc) is 3.11. The van der Waals surface area contributed by atoms with Crippen LogP contribution in [0.5, 0.6) is 0 Å². The molecule has 9 nitrogen and oxygen atoms in total. The summed E-state index contributed by atoms with van der Waals surface area (Å²) in [6, 6.07) is 0.0493. The third-order valence-electron chi connectivity index (χ3n) is 4.68. The average molecular weight is 343 g/mol. The number of aromatic nitrogens is 3. The van der Waals surface area contributed by atoms with Gasteiger partial charge in [0.25, 0.3) is 5.91 Å². The van der Waals surface area contributed by atoms with Gasteiger partial charge in [0.05, 0.1) is 29.8 Å². The van der Waals surface area contributed by atoms with Crippen LogP contribution in [0, 0.1) is 0 Å². The van der Waals surface area contributed by atoms with Crippen molar-refractivity contribution in [2.45, 2.75) is 17.7 Å². The molecule has 3 rings (SSSR count). The third-order valence-corrected chi connectivity index (χ3v) is 6.49. The van der Waals surface area contributed by atoms with Crippen LogP contribution in [0.4, 0.5) is 0 Å². The Morgan fingerprint density at radius 2 is 2.04 bits per heavy atom. The minimum atomic E-state index is -3.17. The molecule has 10 heteroatoms. The molecule has 2 saturated heterocycles. The molecule has 0 N–H and O–H groups in total. The van der Waals surface area contributed by atoms with Crippen LogP contribution in [0.1, 0.15) is 6.04 Å². The van der Waals surface area contributed by atoms with Gasteiger partial charge in [0, 0.05) is 26.4 Å². The number of nitrogens with zero attached hydrogens (tertiary/aromatic N) is 5. The molecular formula is C13H21N5O4S. The molecule has 0 bridgehead atoms. The van der Waals surface area contributed by atoms with E-state index >= 15 is 0 Å². The van der Waals surface area contributed by atoms with Crippen LogP contribution in [0.15, 0.2) is 12.4 Å². The SMILES string of the molecule is COC1(C(=O)N2C[C@@H](n3ccnn3)[C@@H](N(C)C)C2)CS(=O)(=O)C1. The van der Waals surface area contributed by atoms with E-state index < -0.39 is 15.4 Å². The van der Waals surface area contributed by atoms with Crippen LogP contribution in [-0.2, 0) is 19.4 Å². The highest BCUT2D eigenvalue weighted by molar-refractivity contribution is 7.93. The van der Waals surface area contributed by atoms with E-state index in [2.05, 4.69) is 10.3 Å². The quantitative estimate of drug-likeness (QED) is 0.650. The van der Waals surface area contributed by atoms with E-state index in [4.69, 9.17) is 4.74 Å². The largest absolute Gasteiger partial charge is 0.366 e. The normalized spacial score (nSPS) is 28.8. The van der Waals surface area contributed by atoms with Crippen LogP contribution >= 0.6 is 0 Å². The lowest BCUT2D eigenvalue weighted by atomic mass is 10.1. The van der Waals surface area contributed by atoms with Crippen LogP contribution in [0.3, 0.4) is 0 Å². The predicted octanol–water partition coefficient (Wildman–Crippen LogP) is -1.59. The van der Waals surface area contributed by atoms with Gasteiger partial charge in [0.15, 0.2) is 15.4 Å². The van der Waals surface area contributed by atoms with E-state index in [1.54, 1.807) is 22.0 Å². The van der Waals surface area contributed by atoms with Gasteiger partial charge in [0.2, 0.25) is 0 Å². The lowest BCUT2D eigenvalue weighted by Gasteiger charge is -2.40. The Kier molecular flexibility index (Phi) is 3.93. The second-order valence-electron chi connectivity index (χ2n) is 6.42. The van der Waals surface area contributed by atoms with E-state index in [1.807, 2.05) is 19.0 Å². The summed E-state index contributed by atoms with van der Waals surface area (Å²) in [7, 11) is 2.11. The van der Waals surface area contributed by atoms with Gasteiger partial charge in [-0.15, -0.1) is 5.10 Å². The fourth-order valence-electron chi connectivity index (χ4n) is 3.38. The van der Waals surface area contributed by atoms with Crippen LogP contribution in [0.2, 0.25) is 0 Å². The van der Waals surface area contributed by atoms with Gasteiger partial charge in [0.1, 0.15) is 0 Å². The Bertz CT molecular complexity index is 675. The number of likely N-dealkylation sites (N-methyl/N-ethyl adjacent to an activating group) is 1. The molecule has 0 aromatic carbocycles. The zero-order chi connectivity index (χ0) is 16.8. The van der Waals surface area contributed by atoms with Gasteiger partial charge in [-0.25, -0.2) is 13.1 Å². The molecule has 2 atom stereocenters. The van der Waals surface area contributed by atoms with Gasteiger partial charge in [-0.2, -0.15) is 0 Å². The Balaban J connectivity index is 1.80. The van der Waals surface area contributed by atoms with Crippen molar-refractivity contribution in [2.75, 3.05) is 45.8 Å². The number of amides is 1. The number of rotatable bonds is 4. The van der Waals surface area contributed by atoms with E-state index in [-0.39, 0.29) is 29.5 Å². The minimum Gasteiger partial charge on any atom is -0.366 e. The van der Waals surface area contributed by atoms with Crippen molar-refractivity contribution < 1.29 is 17.9 Å². The first kappa shape index (κ1) is 16.3. The summed E-state index contributed by atoms with van der Waals surface area (Å²) in [5, 5.41) is 7.87. The van der Waals surface area contributed by atoms with Gasteiger partial charge >= 0.3 is 0 Å². The van der Waals surface area contributed by atoms with Gasteiger partial charge in [-0.3, -0.25) is 4.79 Å². The van der Waals surface area contributed by atoms with Gasteiger partial charge in [-0.05, 0) is 14.1 Å². The number of carbonyl (C=O) groups is 1. The molecule has 2 aliphatic heterocycles. The van der Waals surface area contributed by atoms with E-state index in [0.29, 0.717) is 13.1 Å². The van der Waals surface area contributed by atoms with E-state index in [0.717, 1.165) is 0 Å². The number of sulfone groups is 1. The molecule has 1 aromatic rings. The highest BCUT2D eigenvalue weighted by Crippen LogP contribution is 2.33. The molecule has 1 amide bonds. The number of likely N-dealkylation sites (tertiary alicyclic amines) is 1. The maximum absolute atomic E-state index is 12.8. The van der Waals surface area contributed by atoms with Crippen molar-refractivity contribution >= 4 is 15.7 Å². The van der Waals surface area contributed by atoms with Crippen LogP contribution in [-0.4, -0.2) is 96.6 Å². The molecule has 2 fully saturated rings. The van der Waals surface area contributed by atoms with Crippen LogP contribution < -0.4 is 0 Å². The molecule has 0 radical (unpaired) electrons. The first-order valence-corrected chi connectivity index (χ1v) is 9.17. The molecule has 0 aliphatic carbocycles. The molecule has 23 heavy (non-hydrogen) atoms. The summed E-state index contributed by atoms with van der Waals surface area (Å²) in [6.07, 6.45) is 3.38. The van der Waals surface area contributed by atoms with Crippen molar-refractivity contribution in [2.24, 2.45) is 0 Å². The Labute approximate surface area is 135 Å². The lowest BCUT2D eigenvalue weighted by Crippen LogP contribution is -2.65. The van der Waals surface area contributed by atoms with Crippen molar-refractivity contribution in [3.63, 3.8) is 0 Å². The number of hydrogen-bond acceptors (Lipinski definition) is 7. The zero-order valence-electron chi connectivity index (χ0n) is 13.4. The molecule has 3 heterocycles. The number of methoxy groups -OCH3 is 1. The summed E-state index contributed by atoms with van der Waals surface area (Å²) < 4.78 is 30.1. The van der Waals surface area contributed by atoms with Crippen molar-refractivity contribution in [1.29, 1.82) is 0 Å². The Hall–Kier alpha value is -1.52. The maximum Gasteiger partial charge on any atom is 0.257 e. The third kappa shape index (κ3) is 2.74. The fraction of sp³-hybridized carbons (Fsp3) is 0.769. The molecule has 128 valence electrons. The van der Waals surface area contributed by atoms with E-state index in [9.17, 15) is 13.2 Å². The second kappa shape index (κ2) is 5.53. The Morgan fingerprint density at radius 3 is 2.52 bits per heavy atom. The summed E-state index contributed by atoms with van der Waals surface area (Å²) in [6.45, 7) is 0.956. The topological polar surface area (TPSA) is 97.6 Å². The lowest BCUT2D eigenvalue weighted by molar-refractivity contribution is -0.150. The summed E-state index contributed by atoms with van der Waals surface area (Å²) in [4.78, 5) is 16.5. The van der Waals surface area contributed by atoms with Crippen molar-refractivity contribution in [1.82, 2.24) is 24.8 Å². The van der Waals surface area contributed by atoms with Gasteiger partial charge < -0.3 is 14.5 Å². The number of ether oxygens (including phenoxy) is 1. The second-order valence-corrected chi connectivity index (χ2v) is 8.49. The first-order chi connectivity index (χ1) is 10.8. The first-order valence-electron chi connectivity index (χ1n) is 7.35. The fourth-order valence-corrected chi connectivity index (χ4v) is 5.20. The highest BCUT2D eigenvalue weighted by Gasteiger charge is 2.57. The molecule has 1 aromatic heterocycles. The number of carbonyl (C=O) groups excluding carboxylic acids is 1. The smallest absolute Gasteiger partial charge is 0.257 e. The summed E-state index contributed by atoms with van der Waals surface area (Å²) in [5.74, 6) is -0.747. The zero-order valence-corrected chi connectivity index (χ0v) is 14.2. The molecule has 0 saturated carbocycles. The Morgan fingerprint density at radius 1 is 1.35 bits per heavy atom. The summed E-state index contributed by atoms with van der Waals surface area (Å²) in [5.41, 5.74) is -1.23. The highest BCUT2D eigenvalue weighted by atomic mass is 32.2. The van der Waals surface area contributed by atoms with Crippen molar-refractivity contribution in [3.8, 4) is 0 Å². The molecule has 2 aliphatic rings. The van der Waals surface area contributed by atoms with Crippen molar-refractivity contribution in [3.05, 3.63) is 12.4 Å². The van der Waals surface area contributed by atoms with Crippen LogP contribution in [0.25, 0.3) is 0 Å². The van der Waals surface area contributed by atoms with E-state index in [1.165, 1.54) is 7.11 Å².